The van der Waals surface area contributed by atoms with E-state index in [0.717, 1.165) is 23.4 Å². The van der Waals surface area contributed by atoms with Crippen molar-refractivity contribution < 1.29 is 4.79 Å². The zero-order valence-corrected chi connectivity index (χ0v) is 18.4. The minimum Gasteiger partial charge on any atom is -0.332 e. The number of hydrogen-bond acceptors (Lipinski definition) is 3. The maximum absolute atomic E-state index is 12.3. The predicted molar refractivity (Wildman–Crippen MR) is 122 cm³/mol. The first-order valence-corrected chi connectivity index (χ1v) is 9.99. The zero-order valence-electron chi connectivity index (χ0n) is 16.8. The van der Waals surface area contributed by atoms with Crippen molar-refractivity contribution in [2.75, 3.05) is 5.32 Å². The van der Waals surface area contributed by atoms with Crippen LogP contribution in [0.2, 0.25) is 5.02 Å². The number of anilines is 1. The van der Waals surface area contributed by atoms with Crippen molar-refractivity contribution in [3.05, 3.63) is 81.1 Å². The summed E-state index contributed by atoms with van der Waals surface area (Å²) in [5.41, 5.74) is 6.83. The van der Waals surface area contributed by atoms with E-state index in [9.17, 15) is 4.79 Å². The van der Waals surface area contributed by atoms with Gasteiger partial charge in [0.05, 0.1) is 5.69 Å². The van der Waals surface area contributed by atoms with E-state index in [4.69, 9.17) is 23.8 Å². The largest absolute Gasteiger partial charge is 0.332 e. The quantitative estimate of drug-likeness (QED) is 0.593. The smallest absolute Gasteiger partial charge is 0.257 e. The van der Waals surface area contributed by atoms with Crippen LogP contribution in [0.4, 0.5) is 5.69 Å². The van der Waals surface area contributed by atoms with E-state index in [2.05, 4.69) is 22.7 Å². The van der Waals surface area contributed by atoms with Gasteiger partial charge in [0.2, 0.25) is 0 Å². The molecule has 0 bridgehead atoms. The van der Waals surface area contributed by atoms with Gasteiger partial charge in [0, 0.05) is 41.0 Å². The summed E-state index contributed by atoms with van der Waals surface area (Å²) in [6.45, 7) is 5.99. The maximum atomic E-state index is 12.3. The molecule has 0 saturated heterocycles. The zero-order chi connectivity index (χ0) is 21.1. The van der Waals surface area contributed by atoms with E-state index in [-0.39, 0.29) is 11.0 Å². The number of hydrogen-bond donors (Lipinski definition) is 2. The lowest BCUT2D eigenvalue weighted by Gasteiger charge is -2.11. The third-order valence-electron chi connectivity index (χ3n) is 4.91. The first-order valence-electron chi connectivity index (χ1n) is 9.21. The van der Waals surface area contributed by atoms with Crippen LogP contribution in [0, 0.1) is 20.8 Å². The summed E-state index contributed by atoms with van der Waals surface area (Å²) in [7, 11) is 1.96. The highest BCUT2D eigenvalue weighted by atomic mass is 35.5. The molecule has 0 radical (unpaired) electrons. The summed E-state index contributed by atoms with van der Waals surface area (Å²) in [5.74, 6) is -0.302. The summed E-state index contributed by atoms with van der Waals surface area (Å²) in [5, 5.41) is 11.0. The van der Waals surface area contributed by atoms with Crippen molar-refractivity contribution >= 4 is 40.5 Å². The first-order chi connectivity index (χ1) is 13.7. The highest BCUT2D eigenvalue weighted by Crippen LogP contribution is 2.19. The van der Waals surface area contributed by atoms with Crippen molar-refractivity contribution in [2.24, 2.45) is 7.05 Å². The third kappa shape index (κ3) is 5.02. The van der Waals surface area contributed by atoms with Gasteiger partial charge < -0.3 is 5.32 Å². The van der Waals surface area contributed by atoms with Gasteiger partial charge in [-0.25, -0.2) is 0 Å². The van der Waals surface area contributed by atoms with Gasteiger partial charge in [-0.1, -0.05) is 29.8 Å². The summed E-state index contributed by atoms with van der Waals surface area (Å²) in [6.07, 6.45) is 0.821. The molecule has 0 aliphatic heterocycles. The molecule has 7 heteroatoms. The summed E-state index contributed by atoms with van der Waals surface area (Å²) < 4.78 is 1.91. The summed E-state index contributed by atoms with van der Waals surface area (Å²) in [6, 6.07) is 13.1. The second-order valence-corrected chi connectivity index (χ2v) is 7.83. The fourth-order valence-corrected chi connectivity index (χ4v) is 3.45. The second kappa shape index (κ2) is 8.76. The molecule has 29 heavy (non-hydrogen) atoms. The second-order valence-electron chi connectivity index (χ2n) is 7.02. The van der Waals surface area contributed by atoms with Gasteiger partial charge in [0.1, 0.15) is 0 Å². The van der Waals surface area contributed by atoms with Crippen molar-refractivity contribution in [3.63, 3.8) is 0 Å². The van der Waals surface area contributed by atoms with Crippen molar-refractivity contribution in [2.45, 2.75) is 27.2 Å². The van der Waals surface area contributed by atoms with Gasteiger partial charge in [-0.2, -0.15) is 5.10 Å². The number of nitrogens with zero attached hydrogens (tertiary/aromatic N) is 2. The Kier molecular flexibility index (Phi) is 6.35. The lowest BCUT2D eigenvalue weighted by Crippen LogP contribution is -2.34. The molecule has 1 heterocycles. The molecule has 3 rings (SSSR count). The van der Waals surface area contributed by atoms with Gasteiger partial charge in [0.15, 0.2) is 5.11 Å². The van der Waals surface area contributed by atoms with Crippen LogP contribution in [0.1, 0.15) is 38.4 Å². The molecule has 150 valence electrons. The Morgan fingerprint density at radius 1 is 1.14 bits per heavy atom. The number of carbonyl (C=O) groups excluding carboxylic acids is 1. The van der Waals surface area contributed by atoms with Crippen LogP contribution in [0.15, 0.2) is 42.5 Å². The number of aryl methyl sites for hydroxylation is 3. The molecule has 0 aliphatic rings. The molecule has 0 unspecified atom stereocenters. The van der Waals surface area contributed by atoms with E-state index in [1.54, 1.807) is 18.2 Å². The fraction of sp³-hybridized carbons (Fsp3) is 0.227. The third-order valence-corrected chi connectivity index (χ3v) is 5.52. The molecular formula is C22H23ClN4OS. The van der Waals surface area contributed by atoms with Crippen LogP contribution in [0.25, 0.3) is 0 Å². The van der Waals surface area contributed by atoms with Crippen molar-refractivity contribution in [3.8, 4) is 0 Å². The molecule has 3 aromatic rings. The fourth-order valence-electron chi connectivity index (χ4n) is 3.06. The predicted octanol–water partition coefficient (Wildman–Crippen LogP) is 4.72. The van der Waals surface area contributed by atoms with Crippen molar-refractivity contribution in [1.29, 1.82) is 0 Å². The number of nitrogens with one attached hydrogen (secondary N) is 2. The number of thiocarbonyl (C=S) groups is 1. The lowest BCUT2D eigenvalue weighted by molar-refractivity contribution is 0.0977. The molecule has 0 atom stereocenters. The SMILES string of the molecule is Cc1ccc(C(=O)NC(=S)Nc2ccc(Cc3c(C)nn(C)c3C)cc2)cc1Cl. The number of halogens is 1. The molecule has 0 spiro atoms. The number of rotatable bonds is 4. The van der Waals surface area contributed by atoms with Crippen LogP contribution in [-0.4, -0.2) is 20.8 Å². The van der Waals surface area contributed by atoms with E-state index in [1.807, 2.05) is 49.8 Å². The number of benzene rings is 2. The monoisotopic (exact) mass is 426 g/mol. The number of carbonyl (C=O) groups is 1. The molecule has 0 aliphatic carbocycles. The highest BCUT2D eigenvalue weighted by molar-refractivity contribution is 7.80. The Labute approximate surface area is 181 Å². The van der Waals surface area contributed by atoms with Crippen LogP contribution in [0.5, 0.6) is 0 Å². The maximum Gasteiger partial charge on any atom is 0.257 e. The normalized spacial score (nSPS) is 10.7. The van der Waals surface area contributed by atoms with E-state index in [0.29, 0.717) is 10.6 Å². The molecule has 0 saturated carbocycles. The Morgan fingerprint density at radius 2 is 1.83 bits per heavy atom. The first kappa shape index (κ1) is 21.0. The Morgan fingerprint density at radius 3 is 2.41 bits per heavy atom. The summed E-state index contributed by atoms with van der Waals surface area (Å²) >= 11 is 11.3. The number of amides is 1. The van der Waals surface area contributed by atoms with E-state index >= 15 is 0 Å². The van der Waals surface area contributed by atoms with Crippen LogP contribution >= 0.6 is 23.8 Å². The minimum atomic E-state index is -0.302. The number of aromatic nitrogens is 2. The molecule has 0 fully saturated rings. The molecular weight excluding hydrogens is 404 g/mol. The van der Waals surface area contributed by atoms with E-state index < -0.39 is 0 Å². The van der Waals surface area contributed by atoms with Gasteiger partial charge >= 0.3 is 0 Å². The average molecular weight is 427 g/mol. The van der Waals surface area contributed by atoms with Crippen LogP contribution in [0.3, 0.4) is 0 Å². The standard InChI is InChI=1S/C22H23ClN4OS/c1-13-5-8-17(12-20(13)23)21(28)25-22(29)24-18-9-6-16(7-10-18)11-19-14(2)26-27(4)15(19)3/h5-10,12H,11H2,1-4H3,(H2,24,25,28,29). The molecule has 1 aromatic heterocycles. The van der Waals surface area contributed by atoms with Crippen molar-refractivity contribution in [1.82, 2.24) is 15.1 Å². The van der Waals surface area contributed by atoms with Crippen LogP contribution < -0.4 is 10.6 Å². The minimum absolute atomic E-state index is 0.235. The topological polar surface area (TPSA) is 59.0 Å². The van der Waals surface area contributed by atoms with Gasteiger partial charge in [-0.3, -0.25) is 14.8 Å². The highest BCUT2D eigenvalue weighted by Gasteiger charge is 2.11. The van der Waals surface area contributed by atoms with E-state index in [1.165, 1.54) is 16.8 Å². The average Bonchev–Trinajstić information content (AvgIpc) is 2.91. The molecule has 1 amide bonds. The molecule has 2 N–H and O–H groups in total. The van der Waals surface area contributed by atoms with Crippen LogP contribution in [-0.2, 0) is 13.5 Å². The lowest BCUT2D eigenvalue weighted by atomic mass is 10.0. The van der Waals surface area contributed by atoms with Gasteiger partial charge in [-0.05, 0) is 68.4 Å². The van der Waals surface area contributed by atoms with Gasteiger partial charge in [0.25, 0.3) is 5.91 Å². The Balaban J connectivity index is 1.61. The Bertz CT molecular complexity index is 1070. The summed E-state index contributed by atoms with van der Waals surface area (Å²) in [4.78, 5) is 12.3. The molecule has 5 nitrogen and oxygen atoms in total. The Hall–Kier alpha value is -2.70. The molecule has 2 aromatic carbocycles. The van der Waals surface area contributed by atoms with Gasteiger partial charge in [-0.15, -0.1) is 0 Å².